The van der Waals surface area contributed by atoms with E-state index in [1.807, 2.05) is 19.4 Å². The lowest BCUT2D eigenvalue weighted by atomic mass is 10.0. The molecule has 0 aliphatic carbocycles. The second-order valence-electron chi connectivity index (χ2n) is 4.49. The van der Waals surface area contributed by atoms with Crippen molar-refractivity contribution in [3.63, 3.8) is 0 Å². The monoisotopic (exact) mass is 224 g/mol. The molecule has 1 atom stereocenters. The fraction of sp³-hybridized carbons (Fsp3) is 0.750. The smallest absolute Gasteiger partial charge is 0.122 e. The minimum atomic E-state index is 0.656. The quantitative estimate of drug-likeness (QED) is 0.757. The summed E-state index contributed by atoms with van der Waals surface area (Å²) in [5.74, 6) is 1.77. The van der Waals surface area contributed by atoms with Crippen LogP contribution in [-0.2, 0) is 13.6 Å². The van der Waals surface area contributed by atoms with Crippen molar-refractivity contribution >= 4 is 0 Å². The molecule has 1 aromatic rings. The van der Waals surface area contributed by atoms with Gasteiger partial charge >= 0.3 is 0 Å². The van der Waals surface area contributed by atoms with Crippen LogP contribution in [0, 0.1) is 5.92 Å². The average Bonchev–Trinajstić information content (AvgIpc) is 2.66. The Hall–Kier alpha value is -0.870. The van der Waals surface area contributed by atoms with Gasteiger partial charge in [0.05, 0.1) is 6.54 Å². The van der Waals surface area contributed by atoms with Gasteiger partial charge in [0, 0.05) is 19.4 Å². The Labute approximate surface area is 98.5 Å². The van der Waals surface area contributed by atoms with Crippen molar-refractivity contribution in [3.8, 4) is 0 Å². The van der Waals surface area contributed by atoms with Crippen LogP contribution in [0.3, 0.4) is 0 Å². The maximum Gasteiger partial charge on any atom is 0.122 e. The van der Waals surface area contributed by atoms with Gasteiger partial charge in [-0.25, -0.2) is 4.98 Å². The minimum absolute atomic E-state index is 0.656. The third-order valence-electron chi connectivity index (χ3n) is 3.16. The molecular weight excluding hydrogens is 200 g/mol. The molecule has 1 heterocycles. The number of nitrogens with two attached hydrogens (primary N) is 1. The van der Waals surface area contributed by atoms with Crippen LogP contribution in [0.5, 0.6) is 0 Å². The summed E-state index contributed by atoms with van der Waals surface area (Å²) in [7, 11) is 4.17. The van der Waals surface area contributed by atoms with E-state index >= 15 is 0 Å². The van der Waals surface area contributed by atoms with E-state index in [4.69, 9.17) is 5.73 Å². The Balaban J connectivity index is 2.31. The van der Waals surface area contributed by atoms with Gasteiger partial charge in [-0.05, 0) is 32.5 Å². The molecule has 0 bridgehead atoms. The number of hydrogen-bond donors (Lipinski definition) is 1. The van der Waals surface area contributed by atoms with Crippen molar-refractivity contribution in [1.29, 1.82) is 0 Å². The molecule has 4 nitrogen and oxygen atoms in total. The molecule has 0 saturated carbocycles. The molecule has 1 unspecified atom stereocenters. The third kappa shape index (κ3) is 3.94. The van der Waals surface area contributed by atoms with Crippen molar-refractivity contribution in [2.24, 2.45) is 18.7 Å². The molecular formula is C12H24N4. The first-order chi connectivity index (χ1) is 7.67. The zero-order valence-electron chi connectivity index (χ0n) is 10.7. The summed E-state index contributed by atoms with van der Waals surface area (Å²) in [6, 6.07) is 0. The van der Waals surface area contributed by atoms with Gasteiger partial charge in [0.1, 0.15) is 5.82 Å². The van der Waals surface area contributed by atoms with E-state index in [1.54, 1.807) is 0 Å². The van der Waals surface area contributed by atoms with Crippen molar-refractivity contribution in [1.82, 2.24) is 14.5 Å². The SMILES string of the molecule is CCC(CN)CCN(C)Cc1nccn1C. The van der Waals surface area contributed by atoms with E-state index in [0.29, 0.717) is 5.92 Å². The summed E-state index contributed by atoms with van der Waals surface area (Å²) in [6.45, 7) is 5.00. The molecule has 0 spiro atoms. The van der Waals surface area contributed by atoms with Gasteiger partial charge in [0.15, 0.2) is 0 Å². The topological polar surface area (TPSA) is 47.1 Å². The van der Waals surface area contributed by atoms with Gasteiger partial charge < -0.3 is 10.3 Å². The summed E-state index contributed by atoms with van der Waals surface area (Å²) in [6.07, 6.45) is 6.18. The van der Waals surface area contributed by atoms with Gasteiger partial charge in [0.25, 0.3) is 0 Å². The van der Waals surface area contributed by atoms with Crippen LogP contribution in [-0.4, -0.2) is 34.6 Å². The first kappa shape index (κ1) is 13.2. The number of rotatable bonds is 7. The van der Waals surface area contributed by atoms with Crippen molar-refractivity contribution in [2.75, 3.05) is 20.1 Å². The van der Waals surface area contributed by atoms with E-state index in [-0.39, 0.29) is 0 Å². The summed E-state index contributed by atoms with van der Waals surface area (Å²) in [5.41, 5.74) is 5.69. The second kappa shape index (κ2) is 6.66. The molecule has 0 fully saturated rings. The Morgan fingerprint density at radius 2 is 2.31 bits per heavy atom. The highest BCUT2D eigenvalue weighted by Gasteiger charge is 2.08. The largest absolute Gasteiger partial charge is 0.337 e. The molecule has 92 valence electrons. The van der Waals surface area contributed by atoms with E-state index in [2.05, 4.69) is 28.4 Å². The van der Waals surface area contributed by atoms with Crippen LogP contribution < -0.4 is 5.73 Å². The fourth-order valence-electron chi connectivity index (χ4n) is 1.76. The van der Waals surface area contributed by atoms with Gasteiger partial charge in [-0.2, -0.15) is 0 Å². The molecule has 1 rings (SSSR count). The second-order valence-corrected chi connectivity index (χ2v) is 4.49. The lowest BCUT2D eigenvalue weighted by molar-refractivity contribution is 0.283. The fourth-order valence-corrected chi connectivity index (χ4v) is 1.76. The summed E-state index contributed by atoms with van der Waals surface area (Å²) in [5, 5.41) is 0. The molecule has 0 aromatic carbocycles. The highest BCUT2D eigenvalue weighted by molar-refractivity contribution is 4.90. The number of nitrogens with zero attached hydrogens (tertiary/aromatic N) is 3. The van der Waals surface area contributed by atoms with Gasteiger partial charge in [-0.3, -0.25) is 4.90 Å². The standard InChI is InChI=1S/C12H24N4/c1-4-11(9-13)5-7-15(2)10-12-14-6-8-16(12)3/h6,8,11H,4-5,7,9-10,13H2,1-3H3. The minimum Gasteiger partial charge on any atom is -0.337 e. The molecule has 0 amide bonds. The Morgan fingerprint density at radius 3 is 2.81 bits per heavy atom. The lowest BCUT2D eigenvalue weighted by Crippen LogP contribution is -2.25. The first-order valence-corrected chi connectivity index (χ1v) is 6.02. The molecule has 1 aromatic heterocycles. The maximum atomic E-state index is 5.69. The number of aromatic nitrogens is 2. The van der Waals surface area contributed by atoms with E-state index in [1.165, 1.54) is 12.8 Å². The maximum absolute atomic E-state index is 5.69. The van der Waals surface area contributed by atoms with Crippen LogP contribution >= 0.6 is 0 Å². The van der Waals surface area contributed by atoms with Gasteiger partial charge in [-0.1, -0.05) is 13.3 Å². The van der Waals surface area contributed by atoms with Crippen LogP contribution in [0.15, 0.2) is 12.4 Å². The van der Waals surface area contributed by atoms with E-state index < -0.39 is 0 Å². The highest BCUT2D eigenvalue weighted by Crippen LogP contribution is 2.08. The molecule has 0 radical (unpaired) electrons. The normalized spacial score (nSPS) is 13.3. The van der Waals surface area contributed by atoms with Crippen molar-refractivity contribution < 1.29 is 0 Å². The van der Waals surface area contributed by atoms with Gasteiger partial charge in [0.2, 0.25) is 0 Å². The predicted octanol–water partition coefficient (Wildman–Crippen LogP) is 1.23. The molecule has 16 heavy (non-hydrogen) atoms. The summed E-state index contributed by atoms with van der Waals surface area (Å²) in [4.78, 5) is 6.63. The summed E-state index contributed by atoms with van der Waals surface area (Å²) < 4.78 is 2.07. The number of imidazole rings is 1. The van der Waals surface area contributed by atoms with Crippen LogP contribution in [0.1, 0.15) is 25.6 Å². The van der Waals surface area contributed by atoms with Crippen LogP contribution in [0.25, 0.3) is 0 Å². The predicted molar refractivity (Wildman–Crippen MR) is 67.0 cm³/mol. The van der Waals surface area contributed by atoms with Crippen LogP contribution in [0.4, 0.5) is 0 Å². The number of aryl methyl sites for hydroxylation is 1. The molecule has 4 heteroatoms. The van der Waals surface area contributed by atoms with E-state index in [0.717, 1.165) is 25.5 Å². The summed E-state index contributed by atoms with van der Waals surface area (Å²) >= 11 is 0. The molecule has 0 aliphatic rings. The Kier molecular flexibility index (Phi) is 5.49. The van der Waals surface area contributed by atoms with Gasteiger partial charge in [-0.15, -0.1) is 0 Å². The van der Waals surface area contributed by atoms with Crippen LogP contribution in [0.2, 0.25) is 0 Å². The average molecular weight is 224 g/mol. The lowest BCUT2D eigenvalue weighted by Gasteiger charge is -2.19. The Morgan fingerprint density at radius 1 is 1.56 bits per heavy atom. The zero-order chi connectivity index (χ0) is 12.0. The third-order valence-corrected chi connectivity index (χ3v) is 3.16. The molecule has 0 saturated heterocycles. The molecule has 0 aliphatic heterocycles. The van der Waals surface area contributed by atoms with Crippen molar-refractivity contribution in [3.05, 3.63) is 18.2 Å². The Bertz CT molecular complexity index is 291. The highest BCUT2D eigenvalue weighted by atomic mass is 15.1. The zero-order valence-corrected chi connectivity index (χ0v) is 10.7. The first-order valence-electron chi connectivity index (χ1n) is 6.02. The molecule has 2 N–H and O–H groups in total. The van der Waals surface area contributed by atoms with E-state index in [9.17, 15) is 0 Å². The number of hydrogen-bond acceptors (Lipinski definition) is 3. The van der Waals surface area contributed by atoms with Crippen molar-refractivity contribution in [2.45, 2.75) is 26.3 Å².